The number of hydrogen-bond donors (Lipinski definition) is 0. The van der Waals surface area contributed by atoms with Gasteiger partial charge in [0.1, 0.15) is 11.4 Å². The highest BCUT2D eigenvalue weighted by atomic mass is 19.1. The van der Waals surface area contributed by atoms with Gasteiger partial charge in [-0.05, 0) is 19.9 Å². The number of rotatable bonds is 3. The highest BCUT2D eigenvalue weighted by Gasteiger charge is 2.29. The molecule has 0 saturated carbocycles. The predicted molar refractivity (Wildman–Crippen MR) is 93.8 cm³/mol. The van der Waals surface area contributed by atoms with Crippen LogP contribution in [0.4, 0.5) is 10.1 Å². The highest BCUT2D eigenvalue weighted by Crippen LogP contribution is 2.36. The van der Waals surface area contributed by atoms with Crippen molar-refractivity contribution in [3.8, 4) is 11.4 Å². The van der Waals surface area contributed by atoms with Crippen molar-refractivity contribution in [2.45, 2.75) is 26.1 Å². The zero-order valence-corrected chi connectivity index (χ0v) is 14.8. The molecule has 1 aromatic carbocycles. The Hall–Kier alpha value is -2.74. The fourth-order valence-electron chi connectivity index (χ4n) is 3.54. The number of hydrogen-bond acceptors (Lipinski definition) is 6. The Kier molecular flexibility index (Phi) is 3.99. The van der Waals surface area contributed by atoms with Crippen molar-refractivity contribution in [1.29, 1.82) is 0 Å². The molecule has 1 saturated heterocycles. The topological polar surface area (TPSA) is 73.4 Å². The summed E-state index contributed by atoms with van der Waals surface area (Å²) in [5.74, 6) is -0.583. The number of anilines is 1. The van der Waals surface area contributed by atoms with Crippen molar-refractivity contribution in [1.82, 2.24) is 14.7 Å². The van der Waals surface area contributed by atoms with Gasteiger partial charge in [0.25, 0.3) is 0 Å². The van der Waals surface area contributed by atoms with Crippen molar-refractivity contribution in [3.63, 3.8) is 0 Å². The molecule has 0 radical (unpaired) electrons. The fraction of sp³-hybridized carbons (Fsp3) is 0.389. The standard InChI is InChI=1S/C18H19FN4O3/c1-10-5-23(6-11(2)25-10)17-12(8-24)4-13-16(14-7-22(3)9-20-14)21-26-18(13)15(17)19/h4,7-11H,5-6H2,1-3H3. The first-order chi connectivity index (χ1) is 12.5. The first-order valence-electron chi connectivity index (χ1n) is 8.43. The van der Waals surface area contributed by atoms with Gasteiger partial charge < -0.3 is 18.7 Å². The van der Waals surface area contributed by atoms with Gasteiger partial charge in [-0.1, -0.05) is 5.16 Å². The maximum Gasteiger partial charge on any atom is 0.205 e. The summed E-state index contributed by atoms with van der Waals surface area (Å²) in [4.78, 5) is 17.8. The van der Waals surface area contributed by atoms with E-state index in [1.165, 1.54) is 0 Å². The van der Waals surface area contributed by atoms with Crippen LogP contribution in [-0.2, 0) is 11.8 Å². The molecule has 1 fully saturated rings. The Bertz CT molecular complexity index is 970. The summed E-state index contributed by atoms with van der Waals surface area (Å²) in [6, 6.07) is 1.62. The van der Waals surface area contributed by atoms with E-state index in [2.05, 4.69) is 10.1 Å². The largest absolute Gasteiger partial charge is 0.372 e. The number of nitrogens with zero attached hydrogens (tertiary/aromatic N) is 4. The zero-order valence-electron chi connectivity index (χ0n) is 14.8. The number of ether oxygens (including phenoxy) is 1. The molecule has 2 atom stereocenters. The summed E-state index contributed by atoms with van der Waals surface area (Å²) < 4.78 is 28.0. The van der Waals surface area contributed by atoms with E-state index in [-0.39, 0.29) is 29.0 Å². The maximum absolute atomic E-state index is 15.3. The van der Waals surface area contributed by atoms with Gasteiger partial charge in [-0.2, -0.15) is 0 Å². The molecule has 1 aliphatic rings. The van der Waals surface area contributed by atoms with Crippen molar-refractivity contribution in [2.75, 3.05) is 18.0 Å². The molecule has 0 amide bonds. The summed E-state index contributed by atoms with van der Waals surface area (Å²) in [6.07, 6.45) is 3.92. The smallest absolute Gasteiger partial charge is 0.205 e. The molecule has 2 aromatic heterocycles. The van der Waals surface area contributed by atoms with E-state index in [9.17, 15) is 4.79 Å². The number of morpholine rings is 1. The molecule has 2 unspecified atom stereocenters. The molecule has 3 heterocycles. The van der Waals surface area contributed by atoms with Crippen LogP contribution < -0.4 is 4.90 Å². The van der Waals surface area contributed by atoms with Crippen LogP contribution in [0.2, 0.25) is 0 Å². The second-order valence-electron chi connectivity index (χ2n) is 6.74. The Labute approximate surface area is 149 Å². The van der Waals surface area contributed by atoms with E-state index in [4.69, 9.17) is 9.26 Å². The SMILES string of the molecule is CC1CN(c2c(C=O)cc3c(-c4cn(C)cn4)noc3c2F)CC(C)O1. The number of benzene rings is 1. The molecular formula is C18H19FN4O3. The monoisotopic (exact) mass is 358 g/mol. The Balaban J connectivity index is 1.87. The van der Waals surface area contributed by atoms with Gasteiger partial charge in [-0.3, -0.25) is 4.79 Å². The molecule has 4 rings (SSSR count). The van der Waals surface area contributed by atoms with Crippen LogP contribution in [0.1, 0.15) is 24.2 Å². The Morgan fingerprint density at radius 1 is 1.31 bits per heavy atom. The molecule has 8 heteroatoms. The summed E-state index contributed by atoms with van der Waals surface area (Å²) in [5.41, 5.74) is 1.50. The third-order valence-electron chi connectivity index (χ3n) is 4.52. The van der Waals surface area contributed by atoms with E-state index in [0.717, 1.165) is 0 Å². The van der Waals surface area contributed by atoms with Crippen LogP contribution in [0, 0.1) is 5.82 Å². The Morgan fingerprint density at radius 2 is 2.04 bits per heavy atom. The van der Waals surface area contributed by atoms with Crippen LogP contribution in [0.25, 0.3) is 22.4 Å². The zero-order chi connectivity index (χ0) is 18.4. The lowest BCUT2D eigenvalue weighted by Gasteiger charge is -2.37. The fourth-order valence-corrected chi connectivity index (χ4v) is 3.54. The van der Waals surface area contributed by atoms with Gasteiger partial charge in [0, 0.05) is 31.9 Å². The van der Waals surface area contributed by atoms with E-state index in [1.807, 2.05) is 25.8 Å². The minimum atomic E-state index is -0.583. The summed E-state index contributed by atoms with van der Waals surface area (Å²) in [5, 5.41) is 4.41. The lowest BCUT2D eigenvalue weighted by Crippen LogP contribution is -2.46. The van der Waals surface area contributed by atoms with Gasteiger partial charge in [-0.15, -0.1) is 0 Å². The summed E-state index contributed by atoms with van der Waals surface area (Å²) in [7, 11) is 1.83. The average Bonchev–Trinajstić information content (AvgIpc) is 3.19. The molecule has 0 spiro atoms. The van der Waals surface area contributed by atoms with E-state index >= 15 is 4.39 Å². The Morgan fingerprint density at radius 3 is 2.65 bits per heavy atom. The highest BCUT2D eigenvalue weighted by molar-refractivity contribution is 5.99. The van der Waals surface area contributed by atoms with Crippen LogP contribution in [0.5, 0.6) is 0 Å². The predicted octanol–water partition coefficient (Wildman–Crippen LogP) is 2.79. The van der Waals surface area contributed by atoms with E-state index in [0.29, 0.717) is 36.1 Å². The van der Waals surface area contributed by atoms with Crippen LogP contribution >= 0.6 is 0 Å². The van der Waals surface area contributed by atoms with Crippen molar-refractivity contribution in [3.05, 3.63) is 30.0 Å². The van der Waals surface area contributed by atoms with E-state index < -0.39 is 5.82 Å². The number of aryl methyl sites for hydroxylation is 1. The molecule has 3 aromatic rings. The van der Waals surface area contributed by atoms with Crippen LogP contribution in [0.3, 0.4) is 0 Å². The van der Waals surface area contributed by atoms with Gasteiger partial charge in [-0.25, -0.2) is 9.37 Å². The van der Waals surface area contributed by atoms with Gasteiger partial charge in [0.15, 0.2) is 12.1 Å². The van der Waals surface area contributed by atoms with Crippen LogP contribution in [-0.4, -0.2) is 46.3 Å². The molecule has 0 bridgehead atoms. The molecule has 136 valence electrons. The lowest BCUT2D eigenvalue weighted by molar-refractivity contribution is -0.00543. The third-order valence-corrected chi connectivity index (χ3v) is 4.52. The minimum Gasteiger partial charge on any atom is -0.372 e. The molecule has 26 heavy (non-hydrogen) atoms. The maximum atomic E-state index is 15.3. The van der Waals surface area contributed by atoms with E-state index in [1.54, 1.807) is 23.2 Å². The molecule has 1 aliphatic heterocycles. The normalized spacial score (nSPS) is 20.7. The number of aldehydes is 1. The van der Waals surface area contributed by atoms with Gasteiger partial charge in [0.05, 0.1) is 29.6 Å². The molecule has 7 nitrogen and oxygen atoms in total. The van der Waals surface area contributed by atoms with Crippen LogP contribution in [0.15, 0.2) is 23.1 Å². The molecular weight excluding hydrogens is 339 g/mol. The average molecular weight is 358 g/mol. The first-order valence-corrected chi connectivity index (χ1v) is 8.43. The second kappa shape index (κ2) is 6.21. The third kappa shape index (κ3) is 2.66. The van der Waals surface area contributed by atoms with Crippen molar-refractivity contribution in [2.24, 2.45) is 7.05 Å². The van der Waals surface area contributed by atoms with Gasteiger partial charge >= 0.3 is 0 Å². The molecule has 0 aliphatic carbocycles. The minimum absolute atomic E-state index is 0.0260. The number of imidazole rings is 1. The first kappa shape index (κ1) is 16.7. The summed E-state index contributed by atoms with van der Waals surface area (Å²) in [6.45, 7) is 4.84. The number of halogens is 1. The lowest BCUT2D eigenvalue weighted by atomic mass is 10.0. The van der Waals surface area contributed by atoms with Crippen molar-refractivity contribution >= 4 is 22.9 Å². The van der Waals surface area contributed by atoms with Crippen molar-refractivity contribution < 1.29 is 18.4 Å². The number of aromatic nitrogens is 3. The van der Waals surface area contributed by atoms with Gasteiger partial charge in [0.2, 0.25) is 5.58 Å². The number of carbonyl (C=O) groups excluding carboxylic acids is 1. The number of fused-ring (bicyclic) bond motifs is 1. The summed E-state index contributed by atoms with van der Waals surface area (Å²) >= 11 is 0. The quantitative estimate of drug-likeness (QED) is 0.671. The molecule has 0 N–H and O–H groups in total. The number of carbonyl (C=O) groups is 1. The second-order valence-corrected chi connectivity index (χ2v) is 6.74.